The van der Waals surface area contributed by atoms with Gasteiger partial charge in [0.1, 0.15) is 24.0 Å². The van der Waals surface area contributed by atoms with Gasteiger partial charge < -0.3 is 9.30 Å². The number of hydrogen-bond donors (Lipinski definition) is 0. The van der Waals surface area contributed by atoms with E-state index in [1.165, 1.54) is 16.7 Å². The molecule has 0 unspecified atom stereocenters. The van der Waals surface area contributed by atoms with Gasteiger partial charge in [-0.3, -0.25) is 4.79 Å². The van der Waals surface area contributed by atoms with Crippen molar-refractivity contribution in [1.82, 2.24) is 19.3 Å². The predicted octanol–water partition coefficient (Wildman–Crippen LogP) is 6.51. The third-order valence-corrected chi connectivity index (χ3v) is 5.94. The lowest BCUT2D eigenvalue weighted by atomic mass is 9.96. The molecule has 0 spiro atoms. The molecular weight excluding hydrogens is 471 g/mol. The molecule has 7 nitrogen and oxygen atoms in total. The van der Waals surface area contributed by atoms with Crippen LogP contribution in [0.1, 0.15) is 31.1 Å². The number of fused-ring (bicyclic) bond motifs is 1. The van der Waals surface area contributed by atoms with E-state index in [0.717, 1.165) is 28.4 Å². The normalized spacial score (nSPS) is 11.6. The van der Waals surface area contributed by atoms with Crippen LogP contribution in [0.4, 0.5) is 9.18 Å². The first-order valence-corrected chi connectivity index (χ1v) is 11.7. The molecule has 5 aromatic rings. The van der Waals surface area contributed by atoms with Gasteiger partial charge in [-0.15, -0.1) is 10.2 Å². The summed E-state index contributed by atoms with van der Waals surface area (Å²) < 4.78 is 23.2. The summed E-state index contributed by atoms with van der Waals surface area (Å²) in [5.74, 6) is 0.151. The van der Waals surface area contributed by atoms with Gasteiger partial charge in [0.15, 0.2) is 5.82 Å². The Labute approximate surface area is 213 Å². The standard InChI is InChI=1S/C29H25FN4O3/c1-29(2,3)37-28(36)34-25-11-8-18(16-35)12-21(25)14-26(34)20-7-5-6-19(13-20)23-10-9-22(30)15-24(23)27-32-31-17-33(27)4/h5-17H,1-4H3. The van der Waals surface area contributed by atoms with Crippen molar-refractivity contribution >= 4 is 23.3 Å². The summed E-state index contributed by atoms with van der Waals surface area (Å²) in [6.45, 7) is 5.43. The number of ether oxygens (including phenoxy) is 1. The molecule has 3 aromatic carbocycles. The largest absolute Gasteiger partial charge is 0.443 e. The fourth-order valence-corrected chi connectivity index (χ4v) is 4.35. The molecule has 0 N–H and O–H groups in total. The van der Waals surface area contributed by atoms with Gasteiger partial charge in [-0.1, -0.05) is 24.3 Å². The molecule has 0 radical (unpaired) electrons. The van der Waals surface area contributed by atoms with E-state index < -0.39 is 11.7 Å². The molecule has 0 aliphatic carbocycles. The molecule has 0 saturated heterocycles. The Morgan fingerprint density at radius 3 is 2.46 bits per heavy atom. The molecule has 5 rings (SSSR count). The number of halogens is 1. The van der Waals surface area contributed by atoms with Gasteiger partial charge in [0.05, 0.1) is 11.2 Å². The zero-order valence-corrected chi connectivity index (χ0v) is 20.9. The van der Waals surface area contributed by atoms with E-state index in [4.69, 9.17) is 4.74 Å². The predicted molar refractivity (Wildman–Crippen MR) is 140 cm³/mol. The summed E-state index contributed by atoms with van der Waals surface area (Å²) in [6, 6.07) is 19.2. The number of rotatable bonds is 4. The minimum absolute atomic E-state index is 0.381. The summed E-state index contributed by atoms with van der Waals surface area (Å²) in [4.78, 5) is 24.7. The Morgan fingerprint density at radius 2 is 1.76 bits per heavy atom. The first-order valence-electron chi connectivity index (χ1n) is 11.7. The number of carbonyl (C=O) groups is 2. The van der Waals surface area contributed by atoms with Crippen LogP contribution in [0.15, 0.2) is 73.1 Å². The Bertz CT molecular complexity index is 1660. The average Bonchev–Trinajstić information content (AvgIpc) is 3.46. The second-order valence-corrected chi connectivity index (χ2v) is 9.82. The van der Waals surface area contributed by atoms with Crippen LogP contribution in [0.3, 0.4) is 0 Å². The minimum Gasteiger partial charge on any atom is -0.443 e. The third kappa shape index (κ3) is 4.65. The molecule has 8 heteroatoms. The molecule has 0 atom stereocenters. The van der Waals surface area contributed by atoms with Gasteiger partial charge in [-0.2, -0.15) is 0 Å². The molecular formula is C29H25FN4O3. The van der Waals surface area contributed by atoms with Crippen LogP contribution < -0.4 is 0 Å². The van der Waals surface area contributed by atoms with Crippen molar-refractivity contribution in [3.8, 4) is 33.8 Å². The van der Waals surface area contributed by atoms with Gasteiger partial charge in [-0.05, 0) is 79.9 Å². The molecule has 37 heavy (non-hydrogen) atoms. The number of aryl methyl sites for hydroxylation is 1. The molecule has 0 amide bonds. The quantitative estimate of drug-likeness (QED) is 0.265. The summed E-state index contributed by atoms with van der Waals surface area (Å²) in [5, 5.41) is 8.83. The zero-order chi connectivity index (χ0) is 26.3. The molecule has 186 valence electrons. The highest BCUT2D eigenvalue weighted by molar-refractivity contribution is 5.98. The highest BCUT2D eigenvalue weighted by Gasteiger charge is 2.23. The smallest absolute Gasteiger partial charge is 0.419 e. The molecule has 0 bridgehead atoms. The van der Waals surface area contributed by atoms with Gasteiger partial charge in [0, 0.05) is 23.6 Å². The lowest BCUT2D eigenvalue weighted by molar-refractivity contribution is 0.0547. The highest BCUT2D eigenvalue weighted by atomic mass is 19.1. The molecule has 0 aliphatic rings. The molecule has 2 aromatic heterocycles. The summed E-state index contributed by atoms with van der Waals surface area (Å²) in [5.41, 5.74) is 3.97. The third-order valence-electron chi connectivity index (χ3n) is 5.94. The van der Waals surface area contributed by atoms with Crippen LogP contribution in [0.5, 0.6) is 0 Å². The molecule has 0 aliphatic heterocycles. The topological polar surface area (TPSA) is 79.0 Å². The van der Waals surface area contributed by atoms with E-state index >= 15 is 0 Å². The van der Waals surface area contributed by atoms with E-state index in [1.807, 2.05) is 51.1 Å². The lowest BCUT2D eigenvalue weighted by Crippen LogP contribution is -2.27. The number of aromatic nitrogens is 4. The van der Waals surface area contributed by atoms with Crippen LogP contribution >= 0.6 is 0 Å². The number of aldehydes is 1. The first kappa shape index (κ1) is 24.1. The van der Waals surface area contributed by atoms with Crippen LogP contribution in [0, 0.1) is 5.82 Å². The van der Waals surface area contributed by atoms with Gasteiger partial charge in [-0.25, -0.2) is 13.8 Å². The summed E-state index contributed by atoms with van der Waals surface area (Å²) in [7, 11) is 1.80. The zero-order valence-electron chi connectivity index (χ0n) is 20.9. The molecule has 0 fully saturated rings. The maximum absolute atomic E-state index is 14.3. The second-order valence-electron chi connectivity index (χ2n) is 9.82. The molecule has 0 saturated carbocycles. The summed E-state index contributed by atoms with van der Waals surface area (Å²) in [6.07, 6.45) is 1.81. The van der Waals surface area contributed by atoms with E-state index in [-0.39, 0.29) is 5.82 Å². The monoisotopic (exact) mass is 496 g/mol. The Morgan fingerprint density at radius 1 is 0.973 bits per heavy atom. The molecule has 2 heterocycles. The van der Waals surface area contributed by atoms with Crippen LogP contribution in [0.25, 0.3) is 44.7 Å². The Balaban J connectivity index is 1.70. The van der Waals surface area contributed by atoms with Crippen molar-refractivity contribution in [3.63, 3.8) is 0 Å². The van der Waals surface area contributed by atoms with Crippen LogP contribution in [-0.2, 0) is 11.8 Å². The number of hydrogen-bond acceptors (Lipinski definition) is 5. The van der Waals surface area contributed by atoms with Crippen molar-refractivity contribution in [3.05, 3.63) is 84.4 Å². The average molecular weight is 497 g/mol. The highest BCUT2D eigenvalue weighted by Crippen LogP contribution is 2.36. The second kappa shape index (κ2) is 9.13. The van der Waals surface area contributed by atoms with Gasteiger partial charge >= 0.3 is 6.09 Å². The number of benzene rings is 3. The van der Waals surface area contributed by atoms with E-state index in [0.29, 0.717) is 28.2 Å². The number of carbonyl (C=O) groups excluding carboxylic acids is 2. The SMILES string of the molecule is Cn1cnnc1-c1cc(F)ccc1-c1cccc(-c2cc3cc(C=O)ccc3n2C(=O)OC(C)(C)C)c1. The Kier molecular flexibility index (Phi) is 5.95. The van der Waals surface area contributed by atoms with E-state index in [9.17, 15) is 14.0 Å². The van der Waals surface area contributed by atoms with Crippen molar-refractivity contribution in [1.29, 1.82) is 0 Å². The van der Waals surface area contributed by atoms with Crippen molar-refractivity contribution in [2.45, 2.75) is 26.4 Å². The number of nitrogens with zero attached hydrogens (tertiary/aromatic N) is 4. The van der Waals surface area contributed by atoms with Crippen molar-refractivity contribution in [2.75, 3.05) is 0 Å². The van der Waals surface area contributed by atoms with E-state index in [1.54, 1.807) is 42.2 Å². The fourth-order valence-electron chi connectivity index (χ4n) is 4.35. The van der Waals surface area contributed by atoms with Gasteiger partial charge in [0.25, 0.3) is 0 Å². The maximum Gasteiger partial charge on any atom is 0.419 e. The van der Waals surface area contributed by atoms with Gasteiger partial charge in [0.2, 0.25) is 0 Å². The Hall–Kier alpha value is -4.59. The minimum atomic E-state index is -0.700. The van der Waals surface area contributed by atoms with Crippen molar-refractivity contribution in [2.24, 2.45) is 7.05 Å². The van der Waals surface area contributed by atoms with Crippen molar-refractivity contribution < 1.29 is 18.7 Å². The summed E-state index contributed by atoms with van der Waals surface area (Å²) >= 11 is 0. The fraction of sp³-hybridized carbons (Fsp3) is 0.172. The van der Waals surface area contributed by atoms with Crippen LogP contribution in [0.2, 0.25) is 0 Å². The first-order chi connectivity index (χ1) is 17.6. The lowest BCUT2D eigenvalue weighted by Gasteiger charge is -2.21. The maximum atomic E-state index is 14.3. The van der Waals surface area contributed by atoms with E-state index in [2.05, 4.69) is 10.2 Å². The van der Waals surface area contributed by atoms with Crippen LogP contribution in [-0.4, -0.2) is 37.3 Å².